The largest absolute Gasteiger partial charge is 0.336 e. The monoisotopic (exact) mass is 460 g/mol. The number of pyridine rings is 1. The van der Waals surface area contributed by atoms with Gasteiger partial charge in [-0.3, -0.25) is 9.59 Å². The fourth-order valence-corrected chi connectivity index (χ4v) is 3.86. The van der Waals surface area contributed by atoms with Crippen molar-refractivity contribution in [3.63, 3.8) is 0 Å². The highest BCUT2D eigenvalue weighted by Gasteiger charge is 2.30. The zero-order valence-corrected chi connectivity index (χ0v) is 18.8. The maximum absolute atomic E-state index is 13.5. The van der Waals surface area contributed by atoms with E-state index in [9.17, 15) is 9.59 Å². The molecule has 0 unspecified atom stereocenters. The van der Waals surface area contributed by atoms with Gasteiger partial charge in [-0.2, -0.15) is 0 Å². The summed E-state index contributed by atoms with van der Waals surface area (Å²) < 4.78 is 5.34. The van der Waals surface area contributed by atoms with Crippen LogP contribution in [0.4, 0.5) is 5.69 Å². The van der Waals surface area contributed by atoms with Crippen LogP contribution in [-0.4, -0.2) is 39.9 Å². The molecule has 3 aromatic rings. The number of anilines is 1. The average Bonchev–Trinajstić information content (AvgIpc) is 3.52. The van der Waals surface area contributed by atoms with Gasteiger partial charge in [-0.05, 0) is 50.5 Å². The Bertz CT molecular complexity index is 1160. The first-order valence-electron chi connectivity index (χ1n) is 10.2. The number of benzene rings is 1. The van der Waals surface area contributed by atoms with E-state index in [4.69, 9.17) is 27.7 Å². The van der Waals surface area contributed by atoms with Crippen molar-refractivity contribution in [1.29, 1.82) is 0 Å². The Morgan fingerprint density at radius 1 is 1.26 bits per heavy atom. The van der Waals surface area contributed by atoms with Crippen LogP contribution in [0.1, 0.15) is 53.8 Å². The van der Waals surface area contributed by atoms with Crippen LogP contribution in [0.3, 0.4) is 0 Å². The number of nitrogens with one attached hydrogen (secondary N) is 1. The second-order valence-corrected chi connectivity index (χ2v) is 8.56. The molecule has 1 saturated carbocycles. The third-order valence-corrected chi connectivity index (χ3v) is 5.75. The first kappa shape index (κ1) is 21.6. The summed E-state index contributed by atoms with van der Waals surface area (Å²) in [6.45, 7) is 4.03. The molecule has 2 heterocycles. The summed E-state index contributed by atoms with van der Waals surface area (Å²) >= 11 is 12.1. The lowest BCUT2D eigenvalue weighted by Gasteiger charge is -2.22. The standard InChI is InChI=1S/C22H22Cl2N4O3/c1-3-8-28(11-19(29)25-18-9-14(23)6-7-16(18)24)22(30)15-10-17(13-4-5-13)26-21-20(15)12(2)27-31-21/h6-7,9-10,13H,3-5,8,11H2,1-2H3,(H,25,29). The Morgan fingerprint density at radius 3 is 2.74 bits per heavy atom. The van der Waals surface area contributed by atoms with Crippen molar-refractivity contribution in [1.82, 2.24) is 15.0 Å². The van der Waals surface area contributed by atoms with Crippen LogP contribution in [0.15, 0.2) is 28.8 Å². The Labute approximate surface area is 189 Å². The van der Waals surface area contributed by atoms with Gasteiger partial charge >= 0.3 is 0 Å². The molecule has 1 aliphatic rings. The second-order valence-electron chi connectivity index (χ2n) is 7.72. The molecule has 0 aliphatic heterocycles. The average molecular weight is 461 g/mol. The van der Waals surface area contributed by atoms with Crippen LogP contribution in [-0.2, 0) is 4.79 Å². The fraction of sp³-hybridized carbons (Fsp3) is 0.364. The van der Waals surface area contributed by atoms with E-state index in [-0.39, 0.29) is 18.4 Å². The number of aryl methyl sites for hydroxylation is 1. The van der Waals surface area contributed by atoms with Gasteiger partial charge in [0, 0.05) is 23.2 Å². The molecule has 0 atom stereocenters. The van der Waals surface area contributed by atoms with Gasteiger partial charge in [0.25, 0.3) is 11.6 Å². The molecule has 1 aromatic carbocycles. The van der Waals surface area contributed by atoms with Crippen molar-refractivity contribution >= 4 is 51.8 Å². The van der Waals surface area contributed by atoms with E-state index >= 15 is 0 Å². The third-order valence-electron chi connectivity index (χ3n) is 5.18. The van der Waals surface area contributed by atoms with Crippen molar-refractivity contribution in [3.8, 4) is 0 Å². The molecule has 1 aliphatic carbocycles. The summed E-state index contributed by atoms with van der Waals surface area (Å²) in [5, 5.41) is 8.14. The molecule has 4 rings (SSSR count). The summed E-state index contributed by atoms with van der Waals surface area (Å²) in [5.74, 6) is -0.273. The van der Waals surface area contributed by atoms with E-state index < -0.39 is 0 Å². The Kier molecular flexibility index (Phi) is 6.16. The summed E-state index contributed by atoms with van der Waals surface area (Å²) in [4.78, 5) is 32.3. The molecule has 31 heavy (non-hydrogen) atoms. The number of fused-ring (bicyclic) bond motifs is 1. The van der Waals surface area contributed by atoms with Crippen LogP contribution in [0.25, 0.3) is 11.1 Å². The summed E-state index contributed by atoms with van der Waals surface area (Å²) in [5.41, 5.74) is 2.66. The van der Waals surface area contributed by atoms with Gasteiger partial charge in [0.1, 0.15) is 6.54 Å². The van der Waals surface area contributed by atoms with E-state index in [0.717, 1.165) is 18.5 Å². The number of hydrogen-bond donors (Lipinski definition) is 1. The van der Waals surface area contributed by atoms with E-state index in [0.29, 0.717) is 57.0 Å². The number of halogens is 2. The zero-order chi connectivity index (χ0) is 22.1. The van der Waals surface area contributed by atoms with E-state index in [1.165, 1.54) is 4.90 Å². The fourth-order valence-electron chi connectivity index (χ4n) is 3.52. The summed E-state index contributed by atoms with van der Waals surface area (Å²) in [6.07, 6.45) is 2.78. The highest BCUT2D eigenvalue weighted by atomic mass is 35.5. The summed E-state index contributed by atoms with van der Waals surface area (Å²) in [6, 6.07) is 6.64. The maximum Gasteiger partial charge on any atom is 0.259 e. The van der Waals surface area contributed by atoms with E-state index in [1.54, 1.807) is 25.1 Å². The van der Waals surface area contributed by atoms with Crippen molar-refractivity contribution in [2.24, 2.45) is 0 Å². The number of carbonyl (C=O) groups is 2. The number of hydrogen-bond acceptors (Lipinski definition) is 5. The number of nitrogens with zero attached hydrogens (tertiary/aromatic N) is 3. The molecule has 1 N–H and O–H groups in total. The van der Waals surface area contributed by atoms with Crippen molar-refractivity contribution in [2.45, 2.75) is 39.0 Å². The highest BCUT2D eigenvalue weighted by Crippen LogP contribution is 2.40. The van der Waals surface area contributed by atoms with Crippen LogP contribution >= 0.6 is 23.2 Å². The van der Waals surface area contributed by atoms with Crippen LogP contribution in [0.5, 0.6) is 0 Å². The molecule has 0 spiro atoms. The normalized spacial score (nSPS) is 13.4. The minimum atomic E-state index is -0.360. The first-order chi connectivity index (χ1) is 14.9. The molecule has 162 valence electrons. The Morgan fingerprint density at radius 2 is 2.03 bits per heavy atom. The smallest absolute Gasteiger partial charge is 0.259 e. The second kappa shape index (κ2) is 8.85. The third kappa shape index (κ3) is 4.67. The number of aromatic nitrogens is 2. The molecule has 2 amide bonds. The molecular formula is C22H22Cl2N4O3. The molecular weight excluding hydrogens is 439 g/mol. The lowest BCUT2D eigenvalue weighted by Crippen LogP contribution is -2.38. The minimum absolute atomic E-state index is 0.123. The van der Waals surface area contributed by atoms with E-state index in [2.05, 4.69) is 15.5 Å². The van der Waals surface area contributed by atoms with E-state index in [1.807, 2.05) is 13.0 Å². The molecule has 0 radical (unpaired) electrons. The molecule has 7 nitrogen and oxygen atoms in total. The van der Waals surface area contributed by atoms with Gasteiger partial charge < -0.3 is 14.7 Å². The Balaban J connectivity index is 1.61. The zero-order valence-electron chi connectivity index (χ0n) is 17.2. The first-order valence-corrected chi connectivity index (χ1v) is 10.9. The molecule has 1 fully saturated rings. The SMILES string of the molecule is CCCN(CC(=O)Nc1cc(Cl)ccc1Cl)C(=O)c1cc(C2CC2)nc2onc(C)c12. The van der Waals surface area contributed by atoms with Crippen LogP contribution < -0.4 is 5.32 Å². The number of rotatable bonds is 7. The van der Waals surface area contributed by atoms with Crippen molar-refractivity contribution in [3.05, 3.63) is 51.3 Å². The minimum Gasteiger partial charge on any atom is -0.336 e. The van der Waals surface area contributed by atoms with Crippen LogP contribution in [0.2, 0.25) is 10.0 Å². The lowest BCUT2D eigenvalue weighted by atomic mass is 10.1. The quantitative estimate of drug-likeness (QED) is 0.522. The molecule has 0 bridgehead atoms. The predicted molar refractivity (Wildman–Crippen MR) is 120 cm³/mol. The lowest BCUT2D eigenvalue weighted by molar-refractivity contribution is -0.116. The number of amides is 2. The van der Waals surface area contributed by atoms with Gasteiger partial charge in [0.15, 0.2) is 0 Å². The van der Waals surface area contributed by atoms with Gasteiger partial charge in [-0.25, -0.2) is 4.98 Å². The van der Waals surface area contributed by atoms with Crippen molar-refractivity contribution in [2.75, 3.05) is 18.4 Å². The summed E-state index contributed by atoms with van der Waals surface area (Å²) in [7, 11) is 0. The van der Waals surface area contributed by atoms with Gasteiger partial charge in [-0.1, -0.05) is 35.3 Å². The molecule has 2 aromatic heterocycles. The van der Waals surface area contributed by atoms with Gasteiger partial charge in [0.05, 0.1) is 27.4 Å². The van der Waals surface area contributed by atoms with Gasteiger partial charge in [-0.15, -0.1) is 0 Å². The topological polar surface area (TPSA) is 88.3 Å². The number of carbonyl (C=O) groups excluding carboxylic acids is 2. The van der Waals surface area contributed by atoms with Crippen LogP contribution in [0, 0.1) is 6.92 Å². The Hall–Kier alpha value is -2.64. The highest BCUT2D eigenvalue weighted by molar-refractivity contribution is 6.35. The predicted octanol–water partition coefficient (Wildman–Crippen LogP) is 5.21. The van der Waals surface area contributed by atoms with Crippen molar-refractivity contribution < 1.29 is 14.1 Å². The van der Waals surface area contributed by atoms with Gasteiger partial charge in [0.2, 0.25) is 5.91 Å². The maximum atomic E-state index is 13.5. The molecule has 9 heteroatoms. The molecule has 0 saturated heterocycles.